The number of nitrogens with zero attached hydrogens (tertiary/aromatic N) is 3. The first-order valence-electron chi connectivity index (χ1n) is 6.25. The summed E-state index contributed by atoms with van der Waals surface area (Å²) in [6.07, 6.45) is 3.20. The summed E-state index contributed by atoms with van der Waals surface area (Å²) in [5.74, 6) is -0.0000926. The van der Waals surface area contributed by atoms with Crippen LogP contribution in [0, 0.1) is 6.92 Å². The van der Waals surface area contributed by atoms with Crippen molar-refractivity contribution in [1.82, 2.24) is 9.78 Å². The number of anilines is 2. The number of benzene rings is 1. The van der Waals surface area contributed by atoms with Gasteiger partial charge in [-0.05, 0) is 25.5 Å². The number of rotatable bonds is 4. The molecule has 1 amide bonds. The second-order valence-electron chi connectivity index (χ2n) is 4.40. The van der Waals surface area contributed by atoms with Crippen LogP contribution in [-0.4, -0.2) is 22.2 Å². The molecule has 1 heterocycles. The molecule has 0 radical (unpaired) electrons. The number of carbonyl (C=O) groups excluding carboxylic acids is 1. The van der Waals surface area contributed by atoms with E-state index in [9.17, 15) is 4.79 Å². The quantitative estimate of drug-likeness (QED) is 0.910. The number of aromatic nitrogens is 2. The summed E-state index contributed by atoms with van der Waals surface area (Å²) < 4.78 is 1.55. The van der Waals surface area contributed by atoms with Crippen molar-refractivity contribution in [3.8, 4) is 0 Å². The van der Waals surface area contributed by atoms with Gasteiger partial charge in [0.15, 0.2) is 0 Å². The second-order valence-corrected chi connectivity index (χ2v) is 4.40. The zero-order chi connectivity index (χ0) is 13.8. The molecule has 0 aliphatic heterocycles. The Balaban J connectivity index is 2.18. The molecule has 0 atom stereocenters. The van der Waals surface area contributed by atoms with Crippen molar-refractivity contribution in [2.24, 2.45) is 0 Å². The highest BCUT2D eigenvalue weighted by Gasteiger charge is 2.16. The first-order valence-corrected chi connectivity index (χ1v) is 6.25. The van der Waals surface area contributed by atoms with Gasteiger partial charge >= 0.3 is 0 Å². The van der Waals surface area contributed by atoms with Gasteiger partial charge in [0.1, 0.15) is 6.54 Å². The predicted molar refractivity (Wildman–Crippen MR) is 75.8 cm³/mol. The molecule has 0 unspecified atom stereocenters. The van der Waals surface area contributed by atoms with Gasteiger partial charge in [-0.1, -0.05) is 18.2 Å². The van der Waals surface area contributed by atoms with Crippen LogP contribution in [0.1, 0.15) is 12.5 Å². The highest BCUT2D eigenvalue weighted by atomic mass is 16.2. The molecule has 0 saturated heterocycles. The number of nitrogen functional groups attached to an aromatic ring is 1. The van der Waals surface area contributed by atoms with Gasteiger partial charge in [-0.15, -0.1) is 0 Å². The summed E-state index contributed by atoms with van der Waals surface area (Å²) in [4.78, 5) is 14.1. The largest absolute Gasteiger partial charge is 0.396 e. The van der Waals surface area contributed by atoms with E-state index in [-0.39, 0.29) is 12.5 Å². The smallest absolute Gasteiger partial charge is 0.248 e. The SMILES string of the molecule is CCN(C(=O)Cn1cc(N)cn1)c1ccccc1C. The standard InChI is InChI=1S/C14H18N4O/c1-3-18(13-7-5-4-6-11(13)2)14(19)10-17-9-12(15)8-16-17/h4-9H,3,10,15H2,1-2H3. The zero-order valence-electron chi connectivity index (χ0n) is 11.2. The van der Waals surface area contributed by atoms with Crippen LogP contribution in [-0.2, 0) is 11.3 Å². The van der Waals surface area contributed by atoms with Crippen LogP contribution in [0.25, 0.3) is 0 Å². The van der Waals surface area contributed by atoms with Crippen molar-refractivity contribution in [3.05, 3.63) is 42.2 Å². The lowest BCUT2D eigenvalue weighted by Gasteiger charge is -2.22. The average Bonchev–Trinajstić information content (AvgIpc) is 2.78. The summed E-state index contributed by atoms with van der Waals surface area (Å²) in [5.41, 5.74) is 8.17. The molecule has 1 aromatic heterocycles. The summed E-state index contributed by atoms with van der Waals surface area (Å²) in [7, 11) is 0. The van der Waals surface area contributed by atoms with Crippen LogP contribution in [0.4, 0.5) is 11.4 Å². The van der Waals surface area contributed by atoms with Gasteiger partial charge in [-0.3, -0.25) is 9.48 Å². The molecular weight excluding hydrogens is 240 g/mol. The minimum atomic E-state index is -0.0000926. The molecule has 0 saturated carbocycles. The molecular formula is C14H18N4O. The Morgan fingerprint density at radius 3 is 2.74 bits per heavy atom. The van der Waals surface area contributed by atoms with Crippen molar-refractivity contribution in [1.29, 1.82) is 0 Å². The Morgan fingerprint density at radius 1 is 1.42 bits per heavy atom. The molecule has 19 heavy (non-hydrogen) atoms. The van der Waals surface area contributed by atoms with Gasteiger partial charge in [0, 0.05) is 18.4 Å². The maximum atomic E-state index is 12.3. The molecule has 0 fully saturated rings. The van der Waals surface area contributed by atoms with E-state index >= 15 is 0 Å². The van der Waals surface area contributed by atoms with Crippen molar-refractivity contribution >= 4 is 17.3 Å². The van der Waals surface area contributed by atoms with E-state index in [0.717, 1.165) is 11.3 Å². The number of likely N-dealkylation sites (N-methyl/N-ethyl adjacent to an activating group) is 1. The third kappa shape index (κ3) is 2.93. The van der Waals surface area contributed by atoms with Crippen molar-refractivity contribution in [3.63, 3.8) is 0 Å². The number of amides is 1. The van der Waals surface area contributed by atoms with E-state index in [1.807, 2.05) is 38.1 Å². The Labute approximate surface area is 112 Å². The second kappa shape index (κ2) is 5.56. The molecule has 0 spiro atoms. The van der Waals surface area contributed by atoms with Crippen LogP contribution >= 0.6 is 0 Å². The Hall–Kier alpha value is -2.30. The number of hydrogen-bond donors (Lipinski definition) is 1. The Kier molecular flexibility index (Phi) is 3.85. The predicted octanol–water partition coefficient (Wildman–Crippen LogP) is 1.83. The molecule has 5 nitrogen and oxygen atoms in total. The zero-order valence-corrected chi connectivity index (χ0v) is 11.2. The highest BCUT2D eigenvalue weighted by Crippen LogP contribution is 2.19. The fraction of sp³-hybridized carbons (Fsp3) is 0.286. The number of carbonyl (C=O) groups is 1. The van der Waals surface area contributed by atoms with Crippen LogP contribution in [0.2, 0.25) is 0 Å². The van der Waals surface area contributed by atoms with Crippen molar-refractivity contribution < 1.29 is 4.79 Å². The topological polar surface area (TPSA) is 64.2 Å². The maximum Gasteiger partial charge on any atom is 0.248 e. The normalized spacial score (nSPS) is 10.4. The van der Waals surface area contributed by atoms with E-state index < -0.39 is 0 Å². The lowest BCUT2D eigenvalue weighted by Crippen LogP contribution is -2.34. The summed E-state index contributed by atoms with van der Waals surface area (Å²) in [6.45, 7) is 4.78. The van der Waals surface area contributed by atoms with E-state index in [2.05, 4.69) is 5.10 Å². The van der Waals surface area contributed by atoms with Crippen LogP contribution in [0.15, 0.2) is 36.7 Å². The molecule has 2 N–H and O–H groups in total. The summed E-state index contributed by atoms with van der Waals surface area (Å²) >= 11 is 0. The van der Waals surface area contributed by atoms with E-state index in [4.69, 9.17) is 5.73 Å². The molecule has 2 aromatic rings. The first-order chi connectivity index (χ1) is 9.11. The van der Waals surface area contributed by atoms with Gasteiger partial charge in [-0.25, -0.2) is 0 Å². The molecule has 100 valence electrons. The van der Waals surface area contributed by atoms with Gasteiger partial charge in [0.05, 0.1) is 11.9 Å². The molecule has 0 bridgehead atoms. The van der Waals surface area contributed by atoms with E-state index in [1.165, 1.54) is 6.20 Å². The molecule has 0 aliphatic rings. The maximum absolute atomic E-state index is 12.3. The number of nitrogens with two attached hydrogens (primary N) is 1. The van der Waals surface area contributed by atoms with E-state index in [1.54, 1.807) is 15.8 Å². The van der Waals surface area contributed by atoms with Gasteiger partial charge in [0.2, 0.25) is 5.91 Å². The number of hydrogen-bond acceptors (Lipinski definition) is 3. The highest BCUT2D eigenvalue weighted by molar-refractivity contribution is 5.93. The third-order valence-electron chi connectivity index (χ3n) is 2.97. The van der Waals surface area contributed by atoms with Crippen LogP contribution in [0.3, 0.4) is 0 Å². The van der Waals surface area contributed by atoms with Crippen LogP contribution in [0.5, 0.6) is 0 Å². The first kappa shape index (κ1) is 13.1. The fourth-order valence-electron chi connectivity index (χ4n) is 2.04. The van der Waals surface area contributed by atoms with Crippen LogP contribution < -0.4 is 10.6 Å². The monoisotopic (exact) mass is 258 g/mol. The molecule has 0 aliphatic carbocycles. The van der Waals surface area contributed by atoms with Crippen molar-refractivity contribution in [2.75, 3.05) is 17.2 Å². The van der Waals surface area contributed by atoms with E-state index in [0.29, 0.717) is 12.2 Å². The molecule has 2 rings (SSSR count). The lowest BCUT2D eigenvalue weighted by atomic mass is 10.2. The summed E-state index contributed by atoms with van der Waals surface area (Å²) in [5, 5.41) is 4.03. The van der Waals surface area contributed by atoms with Crippen molar-refractivity contribution in [2.45, 2.75) is 20.4 Å². The summed E-state index contributed by atoms with van der Waals surface area (Å²) in [6, 6.07) is 7.85. The lowest BCUT2D eigenvalue weighted by molar-refractivity contribution is -0.119. The Morgan fingerprint density at radius 2 is 2.16 bits per heavy atom. The average molecular weight is 258 g/mol. The molecule has 1 aromatic carbocycles. The Bertz CT molecular complexity index is 576. The third-order valence-corrected chi connectivity index (χ3v) is 2.97. The van der Waals surface area contributed by atoms with Gasteiger partial charge < -0.3 is 10.6 Å². The number of para-hydroxylation sites is 1. The minimum Gasteiger partial charge on any atom is -0.396 e. The minimum absolute atomic E-state index is 0.0000926. The molecule has 5 heteroatoms. The van der Waals surface area contributed by atoms with Gasteiger partial charge in [0.25, 0.3) is 0 Å². The van der Waals surface area contributed by atoms with Gasteiger partial charge in [-0.2, -0.15) is 5.10 Å². The fourth-order valence-corrected chi connectivity index (χ4v) is 2.04. The number of aryl methyl sites for hydroxylation is 1.